The first-order chi connectivity index (χ1) is 9.11. The fourth-order valence-corrected chi connectivity index (χ4v) is 1.67. The van der Waals surface area contributed by atoms with Crippen LogP contribution in [0.4, 0.5) is 5.69 Å². The number of hydrogen-bond acceptors (Lipinski definition) is 4. The summed E-state index contributed by atoms with van der Waals surface area (Å²) in [5, 5.41) is 19.8. The van der Waals surface area contributed by atoms with Gasteiger partial charge in [0.25, 0.3) is 5.69 Å². The molecule has 0 spiro atoms. The SMILES string of the molecule is N#Cc1c(Cl)cccc1Oc1ccc([N+](=O)[O-])cc1. The van der Waals surface area contributed by atoms with Gasteiger partial charge in [-0.15, -0.1) is 0 Å². The Morgan fingerprint density at radius 3 is 2.47 bits per heavy atom. The minimum Gasteiger partial charge on any atom is -0.456 e. The van der Waals surface area contributed by atoms with E-state index in [1.165, 1.54) is 24.3 Å². The number of rotatable bonds is 3. The van der Waals surface area contributed by atoms with E-state index in [4.69, 9.17) is 21.6 Å². The van der Waals surface area contributed by atoms with E-state index in [9.17, 15) is 10.1 Å². The van der Waals surface area contributed by atoms with Crippen LogP contribution in [0.2, 0.25) is 5.02 Å². The second-order valence-electron chi connectivity index (χ2n) is 3.58. The second-order valence-corrected chi connectivity index (χ2v) is 3.99. The first kappa shape index (κ1) is 12.9. The van der Waals surface area contributed by atoms with Crippen LogP contribution in [-0.4, -0.2) is 4.92 Å². The number of halogens is 1. The summed E-state index contributed by atoms with van der Waals surface area (Å²) in [5.41, 5.74) is 0.196. The van der Waals surface area contributed by atoms with Crippen molar-refractivity contribution in [2.24, 2.45) is 0 Å². The molecule has 0 atom stereocenters. The molecule has 0 N–H and O–H groups in total. The van der Waals surface area contributed by atoms with E-state index in [2.05, 4.69) is 0 Å². The number of benzene rings is 2. The fraction of sp³-hybridized carbons (Fsp3) is 0. The molecule has 2 rings (SSSR count). The third kappa shape index (κ3) is 2.81. The smallest absolute Gasteiger partial charge is 0.269 e. The zero-order chi connectivity index (χ0) is 13.8. The predicted molar refractivity (Wildman–Crippen MR) is 69.3 cm³/mol. The quantitative estimate of drug-likeness (QED) is 0.628. The molecule has 2 aromatic rings. The second kappa shape index (κ2) is 5.38. The molecule has 2 aromatic carbocycles. The average Bonchev–Trinajstić information content (AvgIpc) is 2.39. The lowest BCUT2D eigenvalue weighted by Gasteiger charge is -2.07. The van der Waals surface area contributed by atoms with Crippen LogP contribution in [0.3, 0.4) is 0 Å². The van der Waals surface area contributed by atoms with Gasteiger partial charge in [-0.2, -0.15) is 5.26 Å². The van der Waals surface area contributed by atoms with Gasteiger partial charge in [-0.05, 0) is 24.3 Å². The molecule has 0 aliphatic rings. The molecule has 0 amide bonds. The zero-order valence-corrected chi connectivity index (χ0v) is 10.3. The van der Waals surface area contributed by atoms with Crippen molar-refractivity contribution in [2.75, 3.05) is 0 Å². The molecule has 6 heteroatoms. The van der Waals surface area contributed by atoms with E-state index in [0.717, 1.165) is 0 Å². The van der Waals surface area contributed by atoms with Crippen LogP contribution < -0.4 is 4.74 Å². The molecule has 0 heterocycles. The summed E-state index contributed by atoms with van der Waals surface area (Å²) in [7, 11) is 0. The first-order valence-electron chi connectivity index (χ1n) is 5.22. The van der Waals surface area contributed by atoms with Crippen LogP contribution in [0.1, 0.15) is 5.56 Å². The van der Waals surface area contributed by atoms with Crippen LogP contribution in [0, 0.1) is 21.4 Å². The number of non-ortho nitro benzene ring substituents is 1. The molecular formula is C13H7ClN2O3. The van der Waals surface area contributed by atoms with Gasteiger partial charge in [0.1, 0.15) is 23.1 Å². The Bertz CT molecular complexity index is 663. The maximum absolute atomic E-state index is 10.5. The van der Waals surface area contributed by atoms with E-state index in [1.807, 2.05) is 6.07 Å². The molecule has 94 valence electrons. The Hall–Kier alpha value is -2.58. The van der Waals surface area contributed by atoms with Crippen LogP contribution in [0.25, 0.3) is 0 Å². The fourth-order valence-electron chi connectivity index (χ4n) is 1.46. The van der Waals surface area contributed by atoms with Gasteiger partial charge < -0.3 is 4.74 Å². The van der Waals surface area contributed by atoms with Crippen molar-refractivity contribution in [2.45, 2.75) is 0 Å². The summed E-state index contributed by atoms with van der Waals surface area (Å²) in [5.74, 6) is 0.702. The number of nitrogens with zero attached hydrogens (tertiary/aromatic N) is 2. The standard InChI is InChI=1S/C13H7ClN2O3/c14-12-2-1-3-13(11(12)8-15)19-10-6-4-9(5-7-10)16(17)18/h1-7H. The summed E-state index contributed by atoms with van der Waals surface area (Å²) in [6, 6.07) is 12.4. The van der Waals surface area contributed by atoms with E-state index < -0.39 is 4.92 Å². The van der Waals surface area contributed by atoms with Crippen molar-refractivity contribution >= 4 is 17.3 Å². The largest absolute Gasteiger partial charge is 0.456 e. The maximum atomic E-state index is 10.5. The molecule has 0 aliphatic heterocycles. The van der Waals surface area contributed by atoms with Gasteiger partial charge in [-0.3, -0.25) is 10.1 Å². The highest BCUT2D eigenvalue weighted by atomic mass is 35.5. The molecule has 0 saturated heterocycles. The third-order valence-electron chi connectivity index (χ3n) is 2.36. The molecule has 5 nitrogen and oxygen atoms in total. The van der Waals surface area contributed by atoms with Crippen LogP contribution in [0.5, 0.6) is 11.5 Å². The Morgan fingerprint density at radius 1 is 1.21 bits per heavy atom. The van der Waals surface area contributed by atoms with Gasteiger partial charge in [-0.1, -0.05) is 17.7 Å². The van der Waals surface area contributed by atoms with Crippen molar-refractivity contribution in [3.05, 3.63) is 63.2 Å². The van der Waals surface area contributed by atoms with Crippen LogP contribution in [-0.2, 0) is 0 Å². The Kier molecular flexibility index (Phi) is 3.64. The lowest BCUT2D eigenvalue weighted by molar-refractivity contribution is -0.384. The monoisotopic (exact) mass is 274 g/mol. The topological polar surface area (TPSA) is 76.2 Å². The molecule has 0 radical (unpaired) electrons. The van der Waals surface area contributed by atoms with Gasteiger partial charge in [0.2, 0.25) is 0 Å². The summed E-state index contributed by atoms with van der Waals surface area (Å²) in [4.78, 5) is 10.0. The number of nitro benzene ring substituents is 1. The van der Waals surface area contributed by atoms with Crippen molar-refractivity contribution in [3.8, 4) is 17.6 Å². The van der Waals surface area contributed by atoms with E-state index in [0.29, 0.717) is 16.5 Å². The third-order valence-corrected chi connectivity index (χ3v) is 2.68. The van der Waals surface area contributed by atoms with E-state index in [1.54, 1.807) is 18.2 Å². The normalized spacial score (nSPS) is 9.68. The first-order valence-corrected chi connectivity index (χ1v) is 5.60. The average molecular weight is 275 g/mol. The Morgan fingerprint density at radius 2 is 1.89 bits per heavy atom. The molecule has 0 saturated carbocycles. The Balaban J connectivity index is 2.29. The predicted octanol–water partition coefficient (Wildman–Crippen LogP) is 3.91. The molecule has 0 fully saturated rings. The number of ether oxygens (including phenoxy) is 1. The number of nitro groups is 1. The summed E-state index contributed by atoms with van der Waals surface area (Å²) >= 11 is 5.87. The molecule has 0 bridgehead atoms. The summed E-state index contributed by atoms with van der Waals surface area (Å²) < 4.78 is 5.49. The maximum Gasteiger partial charge on any atom is 0.269 e. The van der Waals surface area contributed by atoms with Gasteiger partial charge in [0.15, 0.2) is 0 Å². The van der Waals surface area contributed by atoms with Gasteiger partial charge in [0, 0.05) is 12.1 Å². The van der Waals surface area contributed by atoms with Crippen molar-refractivity contribution in [1.82, 2.24) is 0 Å². The molecule has 0 unspecified atom stereocenters. The molecule has 0 aliphatic carbocycles. The molecule has 0 aromatic heterocycles. The lowest BCUT2D eigenvalue weighted by Crippen LogP contribution is -1.90. The summed E-state index contributed by atoms with van der Waals surface area (Å²) in [6.07, 6.45) is 0. The van der Waals surface area contributed by atoms with E-state index in [-0.39, 0.29) is 11.3 Å². The van der Waals surface area contributed by atoms with Crippen molar-refractivity contribution in [3.63, 3.8) is 0 Å². The van der Waals surface area contributed by atoms with Gasteiger partial charge >= 0.3 is 0 Å². The minimum absolute atomic E-state index is 0.0287. The highest BCUT2D eigenvalue weighted by molar-refractivity contribution is 6.31. The Labute approximate surface area is 113 Å². The van der Waals surface area contributed by atoms with Crippen molar-refractivity contribution < 1.29 is 9.66 Å². The van der Waals surface area contributed by atoms with Gasteiger partial charge in [0.05, 0.1) is 9.95 Å². The van der Waals surface area contributed by atoms with Crippen molar-refractivity contribution in [1.29, 1.82) is 5.26 Å². The highest BCUT2D eigenvalue weighted by Gasteiger charge is 2.10. The molecular weight excluding hydrogens is 268 g/mol. The zero-order valence-electron chi connectivity index (χ0n) is 9.54. The van der Waals surface area contributed by atoms with E-state index >= 15 is 0 Å². The number of nitriles is 1. The number of hydrogen-bond donors (Lipinski definition) is 0. The van der Waals surface area contributed by atoms with Crippen LogP contribution in [0.15, 0.2) is 42.5 Å². The van der Waals surface area contributed by atoms with Gasteiger partial charge in [-0.25, -0.2) is 0 Å². The highest BCUT2D eigenvalue weighted by Crippen LogP contribution is 2.30. The lowest BCUT2D eigenvalue weighted by atomic mass is 10.2. The molecule has 19 heavy (non-hydrogen) atoms. The minimum atomic E-state index is -0.496. The van der Waals surface area contributed by atoms with Crippen LogP contribution >= 0.6 is 11.6 Å². The summed E-state index contributed by atoms with van der Waals surface area (Å²) in [6.45, 7) is 0.